The van der Waals surface area contributed by atoms with Crippen LogP contribution >= 0.6 is 0 Å². The number of hydrogen-bond donors (Lipinski definition) is 0. The molecule has 0 aromatic heterocycles. The molecule has 0 saturated heterocycles. The summed E-state index contributed by atoms with van der Waals surface area (Å²) in [6, 6.07) is 0. The molecular weight excluding hydrogens is 204 g/mol. The largest absolute Gasteiger partial charge is 0.462 e. The standard InChI is InChI=1S/C13H22O3/c1-8(2)11-5-6-13(16-10(4)15)9(3)12(11)7-14/h7-9,11-13H,5-6H2,1-4H3/t9-,11-,12-,13+/m0/s1. The molecule has 0 spiro atoms. The Balaban J connectivity index is 2.72. The van der Waals surface area contributed by atoms with E-state index >= 15 is 0 Å². The summed E-state index contributed by atoms with van der Waals surface area (Å²) in [7, 11) is 0. The second-order valence-corrected chi connectivity index (χ2v) is 5.21. The van der Waals surface area contributed by atoms with Crippen LogP contribution in [0.1, 0.15) is 40.5 Å². The fourth-order valence-electron chi connectivity index (χ4n) is 2.83. The van der Waals surface area contributed by atoms with Crippen molar-refractivity contribution in [3.8, 4) is 0 Å². The predicted octanol–water partition coefficient (Wildman–Crippen LogP) is 2.44. The molecule has 0 unspecified atom stereocenters. The van der Waals surface area contributed by atoms with Gasteiger partial charge in [0.25, 0.3) is 0 Å². The van der Waals surface area contributed by atoms with Crippen LogP contribution in [0, 0.1) is 23.7 Å². The van der Waals surface area contributed by atoms with Gasteiger partial charge in [-0.05, 0) is 24.7 Å². The minimum Gasteiger partial charge on any atom is -0.462 e. The fourth-order valence-corrected chi connectivity index (χ4v) is 2.83. The van der Waals surface area contributed by atoms with Crippen molar-refractivity contribution in [1.82, 2.24) is 0 Å². The van der Waals surface area contributed by atoms with E-state index in [0.717, 1.165) is 19.1 Å². The van der Waals surface area contributed by atoms with Crippen LogP contribution in [0.15, 0.2) is 0 Å². The highest BCUT2D eigenvalue weighted by Gasteiger charge is 2.39. The first-order valence-corrected chi connectivity index (χ1v) is 6.09. The van der Waals surface area contributed by atoms with Crippen LogP contribution in [0.2, 0.25) is 0 Å². The Morgan fingerprint density at radius 2 is 2.00 bits per heavy atom. The molecule has 0 aromatic rings. The van der Waals surface area contributed by atoms with Gasteiger partial charge in [-0.25, -0.2) is 0 Å². The molecule has 1 saturated carbocycles. The van der Waals surface area contributed by atoms with E-state index in [-0.39, 0.29) is 23.9 Å². The van der Waals surface area contributed by atoms with E-state index in [4.69, 9.17) is 4.74 Å². The van der Waals surface area contributed by atoms with E-state index in [0.29, 0.717) is 11.8 Å². The van der Waals surface area contributed by atoms with Crippen molar-refractivity contribution in [3.05, 3.63) is 0 Å². The summed E-state index contributed by atoms with van der Waals surface area (Å²) in [5, 5.41) is 0. The van der Waals surface area contributed by atoms with Crippen molar-refractivity contribution >= 4 is 12.3 Å². The van der Waals surface area contributed by atoms with Crippen LogP contribution < -0.4 is 0 Å². The van der Waals surface area contributed by atoms with Gasteiger partial charge in [-0.1, -0.05) is 20.8 Å². The third kappa shape index (κ3) is 2.83. The molecule has 0 N–H and O–H groups in total. The van der Waals surface area contributed by atoms with Crippen LogP contribution in [-0.4, -0.2) is 18.4 Å². The van der Waals surface area contributed by atoms with E-state index in [1.807, 2.05) is 6.92 Å². The Morgan fingerprint density at radius 1 is 1.38 bits per heavy atom. The van der Waals surface area contributed by atoms with Gasteiger partial charge in [0.15, 0.2) is 0 Å². The Hall–Kier alpha value is -0.860. The molecular formula is C13H22O3. The van der Waals surface area contributed by atoms with Crippen molar-refractivity contribution in [3.63, 3.8) is 0 Å². The van der Waals surface area contributed by atoms with E-state index in [2.05, 4.69) is 13.8 Å². The maximum Gasteiger partial charge on any atom is 0.302 e. The lowest BCUT2D eigenvalue weighted by Gasteiger charge is -2.40. The molecule has 0 heterocycles. The summed E-state index contributed by atoms with van der Waals surface area (Å²) in [5.41, 5.74) is 0. The molecule has 1 aliphatic rings. The highest BCUT2D eigenvalue weighted by atomic mass is 16.5. The summed E-state index contributed by atoms with van der Waals surface area (Å²) < 4.78 is 5.27. The van der Waals surface area contributed by atoms with Gasteiger partial charge in [-0.15, -0.1) is 0 Å². The summed E-state index contributed by atoms with van der Waals surface area (Å²) in [6.45, 7) is 7.75. The van der Waals surface area contributed by atoms with Crippen LogP contribution in [-0.2, 0) is 14.3 Å². The molecule has 0 amide bonds. The predicted molar refractivity (Wildman–Crippen MR) is 61.8 cm³/mol. The van der Waals surface area contributed by atoms with Gasteiger partial charge < -0.3 is 9.53 Å². The number of carbonyl (C=O) groups is 2. The van der Waals surface area contributed by atoms with E-state index in [1.54, 1.807) is 0 Å². The third-order valence-electron chi connectivity index (χ3n) is 3.80. The normalized spacial score (nSPS) is 34.8. The van der Waals surface area contributed by atoms with Crippen molar-refractivity contribution in [1.29, 1.82) is 0 Å². The number of ether oxygens (including phenoxy) is 1. The van der Waals surface area contributed by atoms with Gasteiger partial charge in [-0.3, -0.25) is 4.79 Å². The summed E-state index contributed by atoms with van der Waals surface area (Å²) in [6.07, 6.45) is 2.82. The molecule has 92 valence electrons. The van der Waals surface area contributed by atoms with Gasteiger partial charge >= 0.3 is 5.97 Å². The smallest absolute Gasteiger partial charge is 0.302 e. The van der Waals surface area contributed by atoms with Crippen molar-refractivity contribution in [2.45, 2.75) is 46.6 Å². The second kappa shape index (κ2) is 5.46. The first kappa shape index (κ1) is 13.2. The van der Waals surface area contributed by atoms with E-state index in [9.17, 15) is 9.59 Å². The Labute approximate surface area is 97.5 Å². The zero-order chi connectivity index (χ0) is 12.3. The van der Waals surface area contributed by atoms with Crippen LogP contribution in [0.25, 0.3) is 0 Å². The molecule has 16 heavy (non-hydrogen) atoms. The van der Waals surface area contributed by atoms with Crippen molar-refractivity contribution < 1.29 is 14.3 Å². The second-order valence-electron chi connectivity index (χ2n) is 5.21. The zero-order valence-electron chi connectivity index (χ0n) is 10.6. The highest BCUT2D eigenvalue weighted by molar-refractivity contribution is 5.66. The minimum absolute atomic E-state index is 0.0260. The van der Waals surface area contributed by atoms with Gasteiger partial charge in [0, 0.05) is 18.8 Å². The molecule has 1 rings (SSSR count). The monoisotopic (exact) mass is 226 g/mol. The quantitative estimate of drug-likeness (QED) is 0.548. The topological polar surface area (TPSA) is 43.4 Å². The average molecular weight is 226 g/mol. The average Bonchev–Trinajstić information content (AvgIpc) is 2.19. The highest BCUT2D eigenvalue weighted by Crippen LogP contribution is 2.39. The number of aldehydes is 1. The lowest BCUT2D eigenvalue weighted by atomic mass is 9.68. The Kier molecular flexibility index (Phi) is 4.51. The van der Waals surface area contributed by atoms with Crippen LogP contribution in [0.5, 0.6) is 0 Å². The van der Waals surface area contributed by atoms with Gasteiger partial charge in [0.2, 0.25) is 0 Å². The first-order valence-electron chi connectivity index (χ1n) is 6.09. The van der Waals surface area contributed by atoms with Gasteiger partial charge in [-0.2, -0.15) is 0 Å². The summed E-state index contributed by atoms with van der Waals surface area (Å²) in [4.78, 5) is 22.1. The molecule has 1 fully saturated rings. The zero-order valence-corrected chi connectivity index (χ0v) is 10.6. The first-order chi connectivity index (χ1) is 7.47. The molecule has 0 aromatic carbocycles. The number of rotatable bonds is 3. The van der Waals surface area contributed by atoms with Crippen molar-refractivity contribution in [2.75, 3.05) is 0 Å². The van der Waals surface area contributed by atoms with Gasteiger partial charge in [0.1, 0.15) is 12.4 Å². The van der Waals surface area contributed by atoms with Crippen LogP contribution in [0.4, 0.5) is 0 Å². The van der Waals surface area contributed by atoms with Crippen LogP contribution in [0.3, 0.4) is 0 Å². The summed E-state index contributed by atoms with van der Waals surface area (Å²) >= 11 is 0. The molecule has 3 heteroatoms. The minimum atomic E-state index is -0.246. The summed E-state index contributed by atoms with van der Waals surface area (Å²) in [5.74, 6) is 0.861. The number of esters is 1. The number of carbonyl (C=O) groups excluding carboxylic acids is 2. The van der Waals surface area contributed by atoms with E-state index < -0.39 is 0 Å². The lowest BCUT2D eigenvalue weighted by molar-refractivity contribution is -0.155. The third-order valence-corrected chi connectivity index (χ3v) is 3.80. The van der Waals surface area contributed by atoms with E-state index in [1.165, 1.54) is 6.92 Å². The molecule has 0 aliphatic heterocycles. The van der Waals surface area contributed by atoms with Crippen molar-refractivity contribution in [2.24, 2.45) is 23.7 Å². The molecule has 1 aliphatic carbocycles. The Morgan fingerprint density at radius 3 is 2.44 bits per heavy atom. The molecule has 4 atom stereocenters. The lowest BCUT2D eigenvalue weighted by Crippen LogP contribution is -2.41. The van der Waals surface area contributed by atoms with Gasteiger partial charge in [0.05, 0.1) is 0 Å². The molecule has 3 nitrogen and oxygen atoms in total. The number of hydrogen-bond acceptors (Lipinski definition) is 3. The Bertz CT molecular complexity index is 260. The molecule has 0 radical (unpaired) electrons. The maximum absolute atomic E-state index is 11.2. The molecule has 0 bridgehead atoms. The maximum atomic E-state index is 11.2. The SMILES string of the molecule is CC(=O)O[C@@H]1CC[C@@H](C(C)C)[C@@H](C=O)[C@@H]1C. The fraction of sp³-hybridized carbons (Fsp3) is 0.846.